The van der Waals surface area contributed by atoms with Crippen LogP contribution in [0.1, 0.15) is 16.9 Å². The SMILES string of the molecule is COc1cc(C(=O)Nc2ccc(-c3nc4ccccc4n3C(F)F)cc2)ccc1OC(F)F. The molecule has 0 saturated heterocycles. The zero-order valence-electron chi connectivity index (χ0n) is 17.1. The molecule has 0 bridgehead atoms. The topological polar surface area (TPSA) is 65.4 Å². The van der Waals surface area contributed by atoms with Crippen molar-refractivity contribution in [3.8, 4) is 22.9 Å². The number of hydrogen-bond donors (Lipinski definition) is 1. The number of hydrogen-bond acceptors (Lipinski definition) is 4. The molecule has 1 heterocycles. The predicted molar refractivity (Wildman–Crippen MR) is 114 cm³/mol. The molecule has 170 valence electrons. The van der Waals surface area contributed by atoms with Gasteiger partial charge in [0.15, 0.2) is 11.5 Å². The summed E-state index contributed by atoms with van der Waals surface area (Å²) in [7, 11) is 1.26. The Hall–Kier alpha value is -4.08. The van der Waals surface area contributed by atoms with Gasteiger partial charge in [0, 0.05) is 16.8 Å². The molecule has 1 amide bonds. The lowest BCUT2D eigenvalue weighted by atomic mass is 10.1. The number of imidazole rings is 1. The Morgan fingerprint density at radius 2 is 1.70 bits per heavy atom. The van der Waals surface area contributed by atoms with Crippen molar-refractivity contribution >= 4 is 22.6 Å². The van der Waals surface area contributed by atoms with Crippen molar-refractivity contribution in [2.75, 3.05) is 12.4 Å². The average molecular weight is 459 g/mol. The van der Waals surface area contributed by atoms with E-state index in [-0.39, 0.29) is 22.9 Å². The third kappa shape index (κ3) is 4.59. The summed E-state index contributed by atoms with van der Waals surface area (Å²) in [5.41, 5.74) is 1.75. The maximum Gasteiger partial charge on any atom is 0.387 e. The number of amides is 1. The maximum atomic E-state index is 13.7. The number of fused-ring (bicyclic) bond motifs is 1. The Morgan fingerprint density at radius 1 is 0.970 bits per heavy atom. The van der Waals surface area contributed by atoms with Crippen molar-refractivity contribution in [2.24, 2.45) is 0 Å². The molecule has 4 aromatic rings. The number of halogens is 4. The first-order valence-corrected chi connectivity index (χ1v) is 9.67. The molecule has 0 spiro atoms. The zero-order valence-corrected chi connectivity index (χ0v) is 17.1. The number of ether oxygens (including phenoxy) is 2. The molecule has 4 rings (SSSR count). The van der Waals surface area contributed by atoms with Crippen LogP contribution in [-0.2, 0) is 0 Å². The number of nitrogens with zero attached hydrogens (tertiary/aromatic N) is 2. The molecular formula is C23H17F4N3O3. The van der Waals surface area contributed by atoms with Crippen LogP contribution in [-0.4, -0.2) is 29.2 Å². The molecule has 1 aromatic heterocycles. The van der Waals surface area contributed by atoms with E-state index in [1.54, 1.807) is 48.5 Å². The van der Waals surface area contributed by atoms with E-state index in [1.807, 2.05) is 0 Å². The number of carbonyl (C=O) groups is 1. The molecule has 0 aliphatic carbocycles. The molecule has 3 aromatic carbocycles. The van der Waals surface area contributed by atoms with Gasteiger partial charge in [0.2, 0.25) is 0 Å². The number of carbonyl (C=O) groups excluding carboxylic acids is 1. The Bertz CT molecular complexity index is 1290. The molecule has 0 radical (unpaired) electrons. The Morgan fingerprint density at radius 3 is 2.36 bits per heavy atom. The van der Waals surface area contributed by atoms with E-state index in [0.29, 0.717) is 22.3 Å². The summed E-state index contributed by atoms with van der Waals surface area (Å²) in [5.74, 6) is -0.646. The van der Waals surface area contributed by atoms with Crippen molar-refractivity contribution in [2.45, 2.75) is 13.2 Å². The van der Waals surface area contributed by atoms with Gasteiger partial charge in [-0.2, -0.15) is 17.6 Å². The fraction of sp³-hybridized carbons (Fsp3) is 0.130. The minimum Gasteiger partial charge on any atom is -0.493 e. The summed E-state index contributed by atoms with van der Waals surface area (Å²) < 4.78 is 62.5. The monoisotopic (exact) mass is 459 g/mol. The van der Waals surface area contributed by atoms with Crippen LogP contribution < -0.4 is 14.8 Å². The Labute approximate surface area is 185 Å². The van der Waals surface area contributed by atoms with Gasteiger partial charge >= 0.3 is 13.2 Å². The number of aromatic nitrogens is 2. The summed E-state index contributed by atoms with van der Waals surface area (Å²) in [4.78, 5) is 16.9. The average Bonchev–Trinajstić information content (AvgIpc) is 3.19. The van der Waals surface area contributed by atoms with Crippen LogP contribution in [0.25, 0.3) is 22.4 Å². The van der Waals surface area contributed by atoms with E-state index in [4.69, 9.17) is 4.74 Å². The zero-order chi connectivity index (χ0) is 23.5. The number of rotatable bonds is 7. The number of anilines is 1. The van der Waals surface area contributed by atoms with E-state index in [9.17, 15) is 22.4 Å². The number of benzene rings is 3. The third-order valence-corrected chi connectivity index (χ3v) is 4.83. The van der Waals surface area contributed by atoms with Gasteiger partial charge in [-0.15, -0.1) is 0 Å². The second-order valence-electron chi connectivity index (χ2n) is 6.85. The highest BCUT2D eigenvalue weighted by atomic mass is 19.3. The fourth-order valence-corrected chi connectivity index (χ4v) is 3.35. The van der Waals surface area contributed by atoms with Gasteiger partial charge in [0.25, 0.3) is 5.91 Å². The summed E-state index contributed by atoms with van der Waals surface area (Å²) in [6.45, 7) is -5.81. The quantitative estimate of drug-likeness (QED) is 0.347. The Kier molecular flexibility index (Phi) is 6.16. The van der Waals surface area contributed by atoms with Crippen molar-refractivity contribution < 1.29 is 31.8 Å². The van der Waals surface area contributed by atoms with Crippen LogP contribution in [0.5, 0.6) is 11.5 Å². The highest BCUT2D eigenvalue weighted by Gasteiger charge is 2.19. The van der Waals surface area contributed by atoms with E-state index in [0.717, 1.165) is 4.57 Å². The lowest BCUT2D eigenvalue weighted by Crippen LogP contribution is -2.12. The highest BCUT2D eigenvalue weighted by molar-refractivity contribution is 6.04. The maximum absolute atomic E-state index is 13.7. The molecule has 33 heavy (non-hydrogen) atoms. The fourth-order valence-electron chi connectivity index (χ4n) is 3.35. The lowest BCUT2D eigenvalue weighted by Gasteiger charge is -2.12. The smallest absolute Gasteiger partial charge is 0.387 e. The van der Waals surface area contributed by atoms with Gasteiger partial charge in [-0.25, -0.2) is 4.98 Å². The molecule has 10 heteroatoms. The minimum atomic E-state index is -3.03. The molecule has 0 unspecified atom stereocenters. The first kappa shape index (κ1) is 22.1. The van der Waals surface area contributed by atoms with Crippen molar-refractivity contribution in [1.82, 2.24) is 9.55 Å². The first-order chi connectivity index (χ1) is 15.9. The minimum absolute atomic E-state index is 0.0239. The standard InChI is InChI=1S/C23H17F4N3O3/c1-32-19-12-14(8-11-18(19)33-23(26)27)21(31)28-15-9-6-13(7-10-15)20-29-16-4-2-3-5-17(16)30(20)22(24)25/h2-12,22-23H,1H3,(H,28,31). The van der Waals surface area contributed by atoms with Gasteiger partial charge in [-0.05, 0) is 54.6 Å². The van der Waals surface area contributed by atoms with Gasteiger partial charge < -0.3 is 14.8 Å². The van der Waals surface area contributed by atoms with E-state index < -0.39 is 19.1 Å². The van der Waals surface area contributed by atoms with Crippen LogP contribution in [0.3, 0.4) is 0 Å². The van der Waals surface area contributed by atoms with Crippen LogP contribution in [0.15, 0.2) is 66.7 Å². The summed E-state index contributed by atoms with van der Waals surface area (Å²) >= 11 is 0. The van der Waals surface area contributed by atoms with Gasteiger partial charge in [-0.3, -0.25) is 9.36 Å². The van der Waals surface area contributed by atoms with Gasteiger partial charge in [-0.1, -0.05) is 12.1 Å². The number of nitrogens with one attached hydrogen (secondary N) is 1. The molecule has 0 aliphatic rings. The van der Waals surface area contributed by atoms with Crippen molar-refractivity contribution in [1.29, 1.82) is 0 Å². The summed E-state index contributed by atoms with van der Waals surface area (Å²) in [6, 6.07) is 16.6. The second kappa shape index (κ2) is 9.19. The molecule has 6 nitrogen and oxygen atoms in total. The first-order valence-electron chi connectivity index (χ1n) is 9.67. The van der Waals surface area contributed by atoms with Gasteiger partial charge in [0.1, 0.15) is 5.82 Å². The van der Waals surface area contributed by atoms with Crippen molar-refractivity contribution in [3.05, 3.63) is 72.3 Å². The second-order valence-corrected chi connectivity index (χ2v) is 6.85. The normalized spacial score (nSPS) is 11.2. The molecule has 0 fully saturated rings. The van der Waals surface area contributed by atoms with Gasteiger partial charge in [0.05, 0.1) is 18.1 Å². The molecule has 0 aliphatic heterocycles. The van der Waals surface area contributed by atoms with Crippen LogP contribution in [0.4, 0.5) is 23.2 Å². The summed E-state index contributed by atoms with van der Waals surface area (Å²) in [6.07, 6.45) is 0. The van der Waals surface area contributed by atoms with E-state index >= 15 is 0 Å². The molecular weight excluding hydrogens is 442 g/mol. The van der Waals surface area contributed by atoms with Crippen LogP contribution in [0.2, 0.25) is 0 Å². The lowest BCUT2D eigenvalue weighted by molar-refractivity contribution is -0.0512. The van der Waals surface area contributed by atoms with E-state index in [1.165, 1.54) is 25.3 Å². The molecule has 0 saturated carbocycles. The third-order valence-electron chi connectivity index (χ3n) is 4.83. The van der Waals surface area contributed by atoms with Crippen molar-refractivity contribution in [3.63, 3.8) is 0 Å². The van der Waals surface area contributed by atoms with E-state index in [2.05, 4.69) is 15.0 Å². The number of para-hydroxylation sites is 2. The molecule has 1 N–H and O–H groups in total. The largest absolute Gasteiger partial charge is 0.493 e. The molecule has 0 atom stereocenters. The number of alkyl halides is 4. The predicted octanol–water partition coefficient (Wildman–Crippen LogP) is 5.96. The van der Waals surface area contributed by atoms with Crippen LogP contribution in [0, 0.1) is 0 Å². The Balaban J connectivity index is 1.56. The van der Waals surface area contributed by atoms with Crippen LogP contribution >= 0.6 is 0 Å². The highest BCUT2D eigenvalue weighted by Crippen LogP contribution is 2.31. The summed E-state index contributed by atoms with van der Waals surface area (Å²) in [5, 5.41) is 2.65. The number of methoxy groups -OCH3 is 1.